The first-order valence-electron chi connectivity index (χ1n) is 7.26. The van der Waals surface area contributed by atoms with Gasteiger partial charge in [-0.15, -0.1) is 0 Å². The van der Waals surface area contributed by atoms with Gasteiger partial charge in [0.25, 0.3) is 0 Å². The smallest absolute Gasteiger partial charge is 0.320 e. The summed E-state index contributed by atoms with van der Waals surface area (Å²) in [5.74, 6) is -4.32. The second-order valence-corrected chi connectivity index (χ2v) is 5.32. The molecule has 0 radical (unpaired) electrons. The molecular formula is C15H23NO6. The van der Waals surface area contributed by atoms with Gasteiger partial charge >= 0.3 is 17.9 Å². The minimum absolute atomic E-state index is 0.0208. The van der Waals surface area contributed by atoms with E-state index in [9.17, 15) is 14.4 Å². The highest BCUT2D eigenvalue weighted by atomic mass is 16.5. The zero-order valence-corrected chi connectivity index (χ0v) is 13.2. The van der Waals surface area contributed by atoms with Crippen LogP contribution in [0.1, 0.15) is 40.0 Å². The molecule has 0 amide bonds. The van der Waals surface area contributed by atoms with Crippen molar-refractivity contribution in [3.8, 4) is 6.07 Å². The third-order valence-corrected chi connectivity index (χ3v) is 2.87. The monoisotopic (exact) mass is 313 g/mol. The molecule has 22 heavy (non-hydrogen) atoms. The molecule has 0 aromatic heterocycles. The molecule has 2 atom stereocenters. The van der Waals surface area contributed by atoms with Crippen molar-refractivity contribution >= 4 is 17.9 Å². The van der Waals surface area contributed by atoms with E-state index in [0.717, 1.165) is 0 Å². The molecule has 0 spiro atoms. The maximum absolute atomic E-state index is 12.0. The Morgan fingerprint density at radius 2 is 1.86 bits per heavy atom. The minimum Gasteiger partial charge on any atom is -0.480 e. The first-order valence-corrected chi connectivity index (χ1v) is 7.26. The second-order valence-electron chi connectivity index (χ2n) is 5.32. The molecule has 0 saturated heterocycles. The van der Waals surface area contributed by atoms with E-state index in [-0.39, 0.29) is 38.4 Å². The first kappa shape index (κ1) is 19.9. The number of rotatable bonds is 10. The molecule has 2 unspecified atom stereocenters. The number of carbonyl (C=O) groups excluding carboxylic acids is 2. The molecule has 0 aromatic rings. The van der Waals surface area contributed by atoms with Crippen molar-refractivity contribution in [1.29, 1.82) is 5.26 Å². The summed E-state index contributed by atoms with van der Waals surface area (Å²) >= 11 is 0. The van der Waals surface area contributed by atoms with E-state index in [1.54, 1.807) is 13.0 Å². The third kappa shape index (κ3) is 8.25. The van der Waals surface area contributed by atoms with Gasteiger partial charge < -0.3 is 14.6 Å². The summed E-state index contributed by atoms with van der Waals surface area (Å²) in [6.07, 6.45) is -0.101. The van der Waals surface area contributed by atoms with Gasteiger partial charge in [0.2, 0.25) is 0 Å². The number of carboxylic acids is 1. The molecule has 0 rings (SSSR count). The molecule has 1 N–H and O–H groups in total. The van der Waals surface area contributed by atoms with Crippen molar-refractivity contribution in [3.05, 3.63) is 0 Å². The Labute approximate surface area is 130 Å². The van der Waals surface area contributed by atoms with Crippen molar-refractivity contribution in [1.82, 2.24) is 0 Å². The lowest BCUT2D eigenvalue weighted by molar-refractivity contribution is -0.152. The molecule has 0 aliphatic rings. The summed E-state index contributed by atoms with van der Waals surface area (Å²) in [5.41, 5.74) is 0. The predicted octanol–water partition coefficient (Wildman–Crippen LogP) is 1.76. The quantitative estimate of drug-likeness (QED) is 0.611. The van der Waals surface area contributed by atoms with Crippen LogP contribution in [0.3, 0.4) is 0 Å². The minimum atomic E-state index is -1.31. The lowest BCUT2D eigenvalue weighted by atomic mass is 9.91. The van der Waals surface area contributed by atoms with E-state index in [1.165, 1.54) is 0 Å². The topological polar surface area (TPSA) is 114 Å². The maximum Gasteiger partial charge on any atom is 0.320 e. The molecule has 0 fully saturated rings. The molecular weight excluding hydrogens is 290 g/mol. The summed E-state index contributed by atoms with van der Waals surface area (Å²) in [6, 6.07) is 1.64. The second kappa shape index (κ2) is 10.6. The normalized spacial score (nSPS) is 13.0. The molecule has 7 heteroatoms. The molecule has 0 aliphatic carbocycles. The maximum atomic E-state index is 12.0. The van der Waals surface area contributed by atoms with Crippen LogP contribution in [-0.2, 0) is 23.9 Å². The SMILES string of the molecule is CCOC(=O)CCC(CC(C#N)C(=O)O)C(=O)OCC(C)C. The first-order chi connectivity index (χ1) is 10.3. The molecule has 0 aromatic carbocycles. The van der Waals surface area contributed by atoms with Crippen molar-refractivity contribution in [3.63, 3.8) is 0 Å². The van der Waals surface area contributed by atoms with E-state index in [4.69, 9.17) is 19.8 Å². The van der Waals surface area contributed by atoms with Gasteiger partial charge in [-0.2, -0.15) is 5.26 Å². The zero-order valence-electron chi connectivity index (χ0n) is 13.2. The van der Waals surface area contributed by atoms with Gasteiger partial charge in [0, 0.05) is 6.42 Å². The fourth-order valence-corrected chi connectivity index (χ4v) is 1.72. The standard InChI is InChI=1S/C15H23NO6/c1-4-21-13(17)6-5-11(7-12(8-16)14(18)19)15(20)22-9-10(2)3/h10-12H,4-7,9H2,1-3H3,(H,18,19). The zero-order chi connectivity index (χ0) is 17.1. The van der Waals surface area contributed by atoms with Crippen LogP contribution in [0.15, 0.2) is 0 Å². The van der Waals surface area contributed by atoms with Crippen molar-refractivity contribution in [2.75, 3.05) is 13.2 Å². The molecule has 124 valence electrons. The van der Waals surface area contributed by atoms with Crippen molar-refractivity contribution < 1.29 is 29.0 Å². The van der Waals surface area contributed by atoms with Crippen LogP contribution >= 0.6 is 0 Å². The average Bonchev–Trinajstić information content (AvgIpc) is 2.44. The van der Waals surface area contributed by atoms with E-state index < -0.39 is 29.7 Å². The number of ether oxygens (including phenoxy) is 2. The summed E-state index contributed by atoms with van der Waals surface area (Å²) in [7, 11) is 0. The number of nitrogens with zero attached hydrogens (tertiary/aromatic N) is 1. The van der Waals surface area contributed by atoms with Gasteiger partial charge in [0.15, 0.2) is 0 Å². The Morgan fingerprint density at radius 1 is 1.23 bits per heavy atom. The highest BCUT2D eigenvalue weighted by molar-refractivity contribution is 5.77. The number of carbonyl (C=O) groups is 3. The molecule has 0 bridgehead atoms. The largest absolute Gasteiger partial charge is 0.480 e. The number of aliphatic carboxylic acids is 1. The van der Waals surface area contributed by atoms with E-state index in [0.29, 0.717) is 0 Å². The van der Waals surface area contributed by atoms with Gasteiger partial charge in [-0.1, -0.05) is 13.8 Å². The number of carboxylic acid groups (broad SMARTS) is 1. The van der Waals surface area contributed by atoms with Crippen LogP contribution < -0.4 is 0 Å². The van der Waals surface area contributed by atoms with Crippen LogP contribution in [0.2, 0.25) is 0 Å². The van der Waals surface area contributed by atoms with Gasteiger partial charge in [0.05, 0.1) is 25.2 Å². The Bertz CT molecular complexity index is 426. The lowest BCUT2D eigenvalue weighted by Gasteiger charge is -2.17. The van der Waals surface area contributed by atoms with E-state index >= 15 is 0 Å². The van der Waals surface area contributed by atoms with Gasteiger partial charge in [-0.25, -0.2) is 0 Å². The fraction of sp³-hybridized carbons (Fsp3) is 0.733. The number of hydrogen-bond acceptors (Lipinski definition) is 6. The van der Waals surface area contributed by atoms with E-state index in [1.807, 2.05) is 13.8 Å². The summed E-state index contributed by atoms with van der Waals surface area (Å²) in [4.78, 5) is 34.3. The fourth-order valence-electron chi connectivity index (χ4n) is 1.72. The number of hydrogen-bond donors (Lipinski definition) is 1. The molecule has 0 heterocycles. The van der Waals surface area contributed by atoms with Crippen LogP contribution in [0.4, 0.5) is 0 Å². The van der Waals surface area contributed by atoms with Crippen molar-refractivity contribution in [2.24, 2.45) is 17.8 Å². The Hall–Kier alpha value is -2.10. The number of nitriles is 1. The Kier molecular flexibility index (Phi) is 9.59. The summed E-state index contributed by atoms with van der Waals surface area (Å²) < 4.78 is 9.87. The van der Waals surface area contributed by atoms with E-state index in [2.05, 4.69) is 0 Å². The summed E-state index contributed by atoms with van der Waals surface area (Å²) in [6.45, 7) is 5.85. The van der Waals surface area contributed by atoms with Crippen LogP contribution in [0, 0.1) is 29.1 Å². The summed E-state index contributed by atoms with van der Waals surface area (Å²) in [5, 5.41) is 17.7. The average molecular weight is 313 g/mol. The molecule has 7 nitrogen and oxygen atoms in total. The Morgan fingerprint density at radius 3 is 2.32 bits per heavy atom. The lowest BCUT2D eigenvalue weighted by Crippen LogP contribution is -2.26. The highest BCUT2D eigenvalue weighted by Gasteiger charge is 2.29. The van der Waals surface area contributed by atoms with Crippen LogP contribution in [-0.4, -0.2) is 36.2 Å². The van der Waals surface area contributed by atoms with Crippen LogP contribution in [0.5, 0.6) is 0 Å². The van der Waals surface area contributed by atoms with Gasteiger partial charge in [-0.3, -0.25) is 14.4 Å². The van der Waals surface area contributed by atoms with Crippen molar-refractivity contribution in [2.45, 2.75) is 40.0 Å². The molecule has 0 saturated carbocycles. The van der Waals surface area contributed by atoms with Gasteiger partial charge in [-0.05, 0) is 25.7 Å². The molecule has 0 aliphatic heterocycles. The van der Waals surface area contributed by atoms with Crippen LogP contribution in [0.25, 0.3) is 0 Å². The highest BCUT2D eigenvalue weighted by Crippen LogP contribution is 2.20. The Balaban J connectivity index is 4.74. The third-order valence-electron chi connectivity index (χ3n) is 2.87. The predicted molar refractivity (Wildman–Crippen MR) is 76.5 cm³/mol. The number of esters is 2. The van der Waals surface area contributed by atoms with Gasteiger partial charge in [0.1, 0.15) is 5.92 Å².